The SMILES string of the molecule is CC(C(=O)NCc1ccc(C(F)(F)F)cc1C#N)c1ccc(NS(C)(=O)=O)c(F)c1. The predicted molar refractivity (Wildman–Crippen MR) is 101 cm³/mol. The molecule has 0 fully saturated rings. The minimum Gasteiger partial charge on any atom is -0.351 e. The Morgan fingerprint density at radius 2 is 1.87 bits per heavy atom. The zero-order valence-corrected chi connectivity index (χ0v) is 16.7. The lowest BCUT2D eigenvalue weighted by atomic mass is 9.99. The number of sulfonamides is 1. The number of hydrogen-bond donors (Lipinski definition) is 2. The maximum absolute atomic E-state index is 14.1. The number of alkyl halides is 3. The highest BCUT2D eigenvalue weighted by Crippen LogP contribution is 2.30. The highest BCUT2D eigenvalue weighted by molar-refractivity contribution is 7.92. The molecule has 160 valence electrons. The summed E-state index contributed by atoms with van der Waals surface area (Å²) in [4.78, 5) is 12.4. The largest absolute Gasteiger partial charge is 0.416 e. The van der Waals surface area contributed by atoms with Crippen LogP contribution < -0.4 is 10.0 Å². The summed E-state index contributed by atoms with van der Waals surface area (Å²) in [5, 5.41) is 11.6. The van der Waals surface area contributed by atoms with Gasteiger partial charge in [0.1, 0.15) is 5.82 Å². The smallest absolute Gasteiger partial charge is 0.351 e. The predicted octanol–water partition coefficient (Wildman–Crippen LogP) is 3.51. The van der Waals surface area contributed by atoms with Gasteiger partial charge < -0.3 is 5.32 Å². The summed E-state index contributed by atoms with van der Waals surface area (Å²) in [6.45, 7) is 1.28. The van der Waals surface area contributed by atoms with Crippen LogP contribution >= 0.6 is 0 Å². The Balaban J connectivity index is 2.12. The number of benzene rings is 2. The maximum Gasteiger partial charge on any atom is 0.416 e. The Morgan fingerprint density at radius 1 is 1.20 bits per heavy atom. The standard InChI is InChI=1S/C19H17F4N3O3S/c1-11(12-4-6-17(16(20)8-12)26-30(2,28)29)18(27)25-10-13-3-5-15(19(21,22)23)7-14(13)9-24/h3-8,11,26H,10H2,1-2H3,(H,25,27). The number of halogens is 4. The number of nitrogens with zero attached hydrogens (tertiary/aromatic N) is 1. The number of anilines is 1. The van der Waals surface area contributed by atoms with Crippen LogP contribution in [0.1, 0.15) is 35.1 Å². The average Bonchev–Trinajstić information content (AvgIpc) is 2.65. The van der Waals surface area contributed by atoms with Gasteiger partial charge in [0.2, 0.25) is 15.9 Å². The molecule has 0 aromatic heterocycles. The van der Waals surface area contributed by atoms with Crippen LogP contribution in [0.5, 0.6) is 0 Å². The number of hydrogen-bond acceptors (Lipinski definition) is 4. The van der Waals surface area contributed by atoms with Crippen molar-refractivity contribution in [3.63, 3.8) is 0 Å². The van der Waals surface area contributed by atoms with Crippen molar-refractivity contribution in [1.82, 2.24) is 5.32 Å². The second-order valence-corrected chi connectivity index (χ2v) is 8.28. The Bertz CT molecular complexity index is 1110. The third-order valence-corrected chi connectivity index (χ3v) is 4.78. The van der Waals surface area contributed by atoms with Crippen molar-refractivity contribution in [2.45, 2.75) is 25.6 Å². The quantitative estimate of drug-likeness (QED) is 0.668. The van der Waals surface area contributed by atoms with Gasteiger partial charge in [-0.2, -0.15) is 18.4 Å². The summed E-state index contributed by atoms with van der Waals surface area (Å²) in [6, 6.07) is 7.86. The lowest BCUT2D eigenvalue weighted by Crippen LogP contribution is -2.28. The van der Waals surface area contributed by atoms with E-state index >= 15 is 0 Å². The summed E-state index contributed by atoms with van der Waals surface area (Å²) in [5.41, 5.74) is -1.00. The first kappa shape index (κ1) is 23.2. The van der Waals surface area contributed by atoms with E-state index in [1.54, 1.807) is 6.07 Å². The van der Waals surface area contributed by atoms with Gasteiger partial charge in [0, 0.05) is 6.54 Å². The Morgan fingerprint density at radius 3 is 2.40 bits per heavy atom. The second kappa shape index (κ2) is 8.71. The van der Waals surface area contributed by atoms with E-state index in [1.165, 1.54) is 19.1 Å². The summed E-state index contributed by atoms with van der Waals surface area (Å²) in [6.07, 6.45) is -3.72. The first-order valence-electron chi connectivity index (χ1n) is 8.47. The van der Waals surface area contributed by atoms with Crippen molar-refractivity contribution in [1.29, 1.82) is 5.26 Å². The van der Waals surface area contributed by atoms with Crippen LogP contribution in [0.2, 0.25) is 0 Å². The normalized spacial score (nSPS) is 12.7. The van der Waals surface area contributed by atoms with Crippen LogP contribution in [0.15, 0.2) is 36.4 Å². The molecule has 0 bridgehead atoms. The molecule has 1 unspecified atom stereocenters. The monoisotopic (exact) mass is 443 g/mol. The Hall–Kier alpha value is -3.13. The fourth-order valence-electron chi connectivity index (χ4n) is 2.58. The molecule has 0 saturated heterocycles. The van der Waals surface area contributed by atoms with Crippen molar-refractivity contribution in [2.75, 3.05) is 11.0 Å². The van der Waals surface area contributed by atoms with Gasteiger partial charge in [0.05, 0.1) is 35.1 Å². The van der Waals surface area contributed by atoms with Gasteiger partial charge in [0.15, 0.2) is 0 Å². The van der Waals surface area contributed by atoms with Gasteiger partial charge >= 0.3 is 6.18 Å². The molecule has 0 heterocycles. The first-order chi connectivity index (χ1) is 13.8. The molecule has 0 radical (unpaired) electrons. The zero-order valence-electron chi connectivity index (χ0n) is 15.8. The van der Waals surface area contributed by atoms with Crippen molar-refractivity contribution in [3.8, 4) is 6.07 Å². The van der Waals surface area contributed by atoms with Gasteiger partial charge in [0.25, 0.3) is 0 Å². The molecule has 2 aromatic rings. The van der Waals surface area contributed by atoms with E-state index in [-0.39, 0.29) is 28.9 Å². The van der Waals surface area contributed by atoms with E-state index in [2.05, 4.69) is 5.32 Å². The zero-order chi connectivity index (χ0) is 22.7. The van der Waals surface area contributed by atoms with E-state index in [0.717, 1.165) is 24.5 Å². The fourth-order valence-corrected chi connectivity index (χ4v) is 3.15. The molecule has 2 N–H and O–H groups in total. The van der Waals surface area contributed by atoms with Crippen LogP contribution in [0.25, 0.3) is 0 Å². The average molecular weight is 443 g/mol. The number of carbonyl (C=O) groups excluding carboxylic acids is 1. The summed E-state index contributed by atoms with van der Waals surface area (Å²) < 4.78 is 76.8. The number of nitriles is 1. The van der Waals surface area contributed by atoms with Crippen molar-refractivity contribution < 1.29 is 30.8 Å². The lowest BCUT2D eigenvalue weighted by molar-refractivity contribution is -0.137. The molecule has 0 spiro atoms. The van der Waals surface area contributed by atoms with Crippen LogP contribution in [-0.2, 0) is 27.5 Å². The molecule has 0 saturated carbocycles. The topological polar surface area (TPSA) is 99.1 Å². The molecule has 0 aliphatic heterocycles. The minimum atomic E-state index is -4.59. The number of carbonyl (C=O) groups is 1. The van der Waals surface area contributed by atoms with Crippen molar-refractivity contribution in [2.24, 2.45) is 0 Å². The lowest BCUT2D eigenvalue weighted by Gasteiger charge is -2.15. The molecule has 2 aromatic carbocycles. The number of amides is 1. The fraction of sp³-hybridized carbons (Fsp3) is 0.263. The summed E-state index contributed by atoms with van der Waals surface area (Å²) in [7, 11) is -3.67. The molecule has 0 aliphatic rings. The summed E-state index contributed by atoms with van der Waals surface area (Å²) >= 11 is 0. The number of rotatable bonds is 6. The van der Waals surface area contributed by atoms with E-state index in [0.29, 0.717) is 6.07 Å². The molecule has 0 aliphatic carbocycles. The number of nitrogens with one attached hydrogen (secondary N) is 2. The first-order valence-corrected chi connectivity index (χ1v) is 10.4. The highest BCUT2D eigenvalue weighted by Gasteiger charge is 2.31. The Kier molecular flexibility index (Phi) is 6.72. The van der Waals surface area contributed by atoms with Crippen LogP contribution in [-0.4, -0.2) is 20.6 Å². The Labute approximate surface area is 170 Å². The maximum atomic E-state index is 14.1. The molecule has 1 atom stereocenters. The second-order valence-electron chi connectivity index (χ2n) is 6.53. The molecule has 6 nitrogen and oxygen atoms in total. The van der Waals surface area contributed by atoms with E-state index in [4.69, 9.17) is 5.26 Å². The van der Waals surface area contributed by atoms with Gasteiger partial charge in [-0.05, 0) is 42.3 Å². The van der Waals surface area contributed by atoms with Crippen LogP contribution in [0.4, 0.5) is 23.2 Å². The van der Waals surface area contributed by atoms with Crippen molar-refractivity contribution >= 4 is 21.6 Å². The van der Waals surface area contributed by atoms with E-state index in [9.17, 15) is 30.8 Å². The molecule has 1 amide bonds. The van der Waals surface area contributed by atoms with Gasteiger partial charge in [-0.3, -0.25) is 9.52 Å². The molecule has 2 rings (SSSR count). The highest BCUT2D eigenvalue weighted by atomic mass is 32.2. The van der Waals surface area contributed by atoms with Crippen molar-refractivity contribution in [3.05, 3.63) is 64.5 Å². The summed E-state index contributed by atoms with van der Waals surface area (Å²) in [5.74, 6) is -2.26. The van der Waals surface area contributed by atoms with E-state index < -0.39 is 39.4 Å². The third kappa shape index (κ3) is 5.93. The van der Waals surface area contributed by atoms with Gasteiger partial charge in [-0.15, -0.1) is 0 Å². The minimum absolute atomic E-state index is 0.194. The molecule has 30 heavy (non-hydrogen) atoms. The van der Waals surface area contributed by atoms with Gasteiger partial charge in [-0.1, -0.05) is 12.1 Å². The third-order valence-electron chi connectivity index (χ3n) is 4.19. The van der Waals surface area contributed by atoms with Gasteiger partial charge in [-0.25, -0.2) is 12.8 Å². The van der Waals surface area contributed by atoms with Crippen LogP contribution in [0.3, 0.4) is 0 Å². The molecular formula is C19H17F4N3O3S. The van der Waals surface area contributed by atoms with E-state index in [1.807, 2.05) is 4.72 Å². The van der Waals surface area contributed by atoms with Crippen LogP contribution in [0, 0.1) is 17.1 Å². The molecular weight excluding hydrogens is 426 g/mol. The molecule has 11 heteroatoms.